The van der Waals surface area contributed by atoms with E-state index >= 15 is 0 Å². The van der Waals surface area contributed by atoms with Crippen LogP contribution in [0.2, 0.25) is 0 Å². The van der Waals surface area contributed by atoms with Crippen molar-refractivity contribution in [3.63, 3.8) is 0 Å². The van der Waals surface area contributed by atoms with Gasteiger partial charge in [-0.2, -0.15) is 0 Å². The summed E-state index contributed by atoms with van der Waals surface area (Å²) in [6.07, 6.45) is 7.00. The van der Waals surface area contributed by atoms with Crippen LogP contribution in [0.1, 0.15) is 52.9 Å². The lowest BCUT2D eigenvalue weighted by Gasteiger charge is -2.34. The molecule has 1 nitrogen and oxygen atoms in total. The summed E-state index contributed by atoms with van der Waals surface area (Å²) < 4.78 is 0. The third-order valence-electron chi connectivity index (χ3n) is 3.61. The van der Waals surface area contributed by atoms with Gasteiger partial charge >= 0.3 is 0 Å². The molecule has 84 valence electrons. The molecule has 0 spiro atoms. The van der Waals surface area contributed by atoms with Crippen molar-refractivity contribution in [2.24, 2.45) is 11.3 Å². The normalized spacial score (nSPS) is 21.4. The summed E-state index contributed by atoms with van der Waals surface area (Å²) in [6, 6.07) is 0. The Balaban J connectivity index is 2.29. The zero-order valence-corrected chi connectivity index (χ0v) is 10.5. The number of nitrogens with zero attached hydrogens (tertiary/aromatic N) is 1. The second-order valence-corrected chi connectivity index (χ2v) is 5.86. The maximum Gasteiger partial charge on any atom is -0.00191 e. The van der Waals surface area contributed by atoms with Gasteiger partial charge in [-0.15, -0.1) is 0 Å². The van der Waals surface area contributed by atoms with Crippen molar-refractivity contribution in [3.05, 3.63) is 0 Å². The van der Waals surface area contributed by atoms with E-state index in [4.69, 9.17) is 0 Å². The van der Waals surface area contributed by atoms with Crippen LogP contribution in [0.5, 0.6) is 0 Å². The Hall–Kier alpha value is -0.0400. The average Bonchev–Trinajstić information content (AvgIpc) is 2.08. The third-order valence-corrected chi connectivity index (χ3v) is 3.61. The van der Waals surface area contributed by atoms with Crippen LogP contribution in [0.3, 0.4) is 0 Å². The van der Waals surface area contributed by atoms with Crippen LogP contribution in [0.4, 0.5) is 0 Å². The quantitative estimate of drug-likeness (QED) is 0.666. The number of likely N-dealkylation sites (tertiary alicyclic amines) is 1. The van der Waals surface area contributed by atoms with E-state index in [0.29, 0.717) is 5.41 Å². The molecule has 0 aromatic heterocycles. The molecule has 0 aromatic rings. The predicted octanol–water partition coefficient (Wildman–Crippen LogP) is 3.54. The first-order valence-electron chi connectivity index (χ1n) is 6.22. The molecule has 1 fully saturated rings. The molecule has 1 heterocycles. The molecule has 0 N–H and O–H groups in total. The molecule has 0 atom stereocenters. The summed E-state index contributed by atoms with van der Waals surface area (Å²) in [5.74, 6) is 0.993. The van der Waals surface area contributed by atoms with Gasteiger partial charge in [0.05, 0.1) is 0 Å². The first-order valence-corrected chi connectivity index (χ1v) is 6.22. The smallest absolute Gasteiger partial charge is 0.00191 e. The number of hydrogen-bond acceptors (Lipinski definition) is 1. The monoisotopic (exact) mass is 197 g/mol. The minimum absolute atomic E-state index is 0.579. The molecule has 1 aliphatic rings. The minimum atomic E-state index is 0.579. The largest absolute Gasteiger partial charge is 0.306 e. The molecule has 0 amide bonds. The Morgan fingerprint density at radius 3 is 2.29 bits per heavy atom. The molecule has 14 heavy (non-hydrogen) atoms. The third kappa shape index (κ3) is 4.00. The van der Waals surface area contributed by atoms with E-state index in [1.165, 1.54) is 45.2 Å². The first kappa shape index (κ1) is 12.0. The summed E-state index contributed by atoms with van der Waals surface area (Å²) in [6.45, 7) is 9.81. The lowest BCUT2D eigenvalue weighted by atomic mass is 9.76. The van der Waals surface area contributed by atoms with E-state index in [-0.39, 0.29) is 0 Å². The van der Waals surface area contributed by atoms with Crippen LogP contribution >= 0.6 is 0 Å². The van der Waals surface area contributed by atoms with E-state index in [2.05, 4.69) is 32.7 Å². The Kier molecular flexibility index (Phi) is 4.43. The maximum absolute atomic E-state index is 2.46. The molecule has 0 aromatic carbocycles. The Morgan fingerprint density at radius 1 is 1.21 bits per heavy atom. The summed E-state index contributed by atoms with van der Waals surface area (Å²) in [7, 11) is 2.24. The van der Waals surface area contributed by atoms with Gasteiger partial charge in [-0.3, -0.25) is 0 Å². The molecule has 1 aliphatic heterocycles. The lowest BCUT2D eigenvalue weighted by molar-refractivity contribution is 0.160. The van der Waals surface area contributed by atoms with Crippen molar-refractivity contribution in [1.29, 1.82) is 0 Å². The van der Waals surface area contributed by atoms with Crippen LogP contribution in [-0.4, -0.2) is 25.0 Å². The highest BCUT2D eigenvalue weighted by molar-refractivity contribution is 4.77. The fourth-order valence-corrected chi connectivity index (χ4v) is 2.83. The summed E-state index contributed by atoms with van der Waals surface area (Å²) in [5.41, 5.74) is 0.579. The molecule has 1 heteroatoms. The van der Waals surface area contributed by atoms with Crippen LogP contribution in [0, 0.1) is 11.3 Å². The molecule has 0 bridgehead atoms. The van der Waals surface area contributed by atoms with E-state index in [1.54, 1.807) is 0 Å². The summed E-state index contributed by atoms with van der Waals surface area (Å²) >= 11 is 0. The maximum atomic E-state index is 2.46. The van der Waals surface area contributed by atoms with Crippen molar-refractivity contribution >= 4 is 0 Å². The average molecular weight is 197 g/mol. The van der Waals surface area contributed by atoms with Gasteiger partial charge in [0.2, 0.25) is 0 Å². The van der Waals surface area contributed by atoms with Crippen molar-refractivity contribution in [1.82, 2.24) is 4.90 Å². The zero-order valence-electron chi connectivity index (χ0n) is 10.5. The second-order valence-electron chi connectivity index (χ2n) is 5.86. The van der Waals surface area contributed by atoms with Gasteiger partial charge in [0.1, 0.15) is 0 Å². The van der Waals surface area contributed by atoms with Crippen LogP contribution < -0.4 is 0 Å². The summed E-state index contributed by atoms with van der Waals surface area (Å²) in [4.78, 5) is 2.46. The molecule has 0 saturated carbocycles. The number of rotatable bonds is 4. The lowest BCUT2D eigenvalue weighted by Crippen LogP contribution is -2.32. The van der Waals surface area contributed by atoms with Crippen molar-refractivity contribution < 1.29 is 0 Å². The molecule has 0 radical (unpaired) electrons. The van der Waals surface area contributed by atoms with Crippen LogP contribution in [-0.2, 0) is 0 Å². The van der Waals surface area contributed by atoms with E-state index in [9.17, 15) is 0 Å². The van der Waals surface area contributed by atoms with Gasteiger partial charge in [-0.1, -0.05) is 27.2 Å². The highest BCUT2D eigenvalue weighted by Gasteiger charge is 2.24. The highest BCUT2D eigenvalue weighted by Crippen LogP contribution is 2.34. The van der Waals surface area contributed by atoms with Crippen molar-refractivity contribution in [2.45, 2.75) is 52.9 Å². The molecule has 0 unspecified atom stereocenters. The standard InChI is InChI=1S/C13H27N/c1-5-8-13(2,3)11-12-6-9-14(4)10-7-12/h12H,5-11H2,1-4H3. The molecule has 1 saturated heterocycles. The van der Waals surface area contributed by atoms with Gasteiger partial charge < -0.3 is 4.90 Å². The van der Waals surface area contributed by atoms with Gasteiger partial charge in [0.15, 0.2) is 0 Å². The second kappa shape index (κ2) is 5.16. The molecular formula is C13H27N. The van der Waals surface area contributed by atoms with Gasteiger partial charge in [-0.25, -0.2) is 0 Å². The van der Waals surface area contributed by atoms with Crippen LogP contribution in [0.25, 0.3) is 0 Å². The van der Waals surface area contributed by atoms with Crippen molar-refractivity contribution in [2.75, 3.05) is 20.1 Å². The summed E-state index contributed by atoms with van der Waals surface area (Å²) in [5, 5.41) is 0. The molecule has 0 aliphatic carbocycles. The number of piperidine rings is 1. The van der Waals surface area contributed by atoms with Crippen molar-refractivity contribution in [3.8, 4) is 0 Å². The van der Waals surface area contributed by atoms with E-state index in [0.717, 1.165) is 5.92 Å². The highest BCUT2D eigenvalue weighted by atomic mass is 15.1. The fraction of sp³-hybridized carbons (Fsp3) is 1.00. The fourth-order valence-electron chi connectivity index (χ4n) is 2.83. The topological polar surface area (TPSA) is 3.24 Å². The molecule has 1 rings (SSSR count). The van der Waals surface area contributed by atoms with E-state index < -0.39 is 0 Å². The van der Waals surface area contributed by atoms with Gasteiger partial charge in [-0.05, 0) is 57.2 Å². The first-order chi connectivity index (χ1) is 6.53. The Morgan fingerprint density at radius 2 is 1.79 bits per heavy atom. The van der Waals surface area contributed by atoms with E-state index in [1.807, 2.05) is 0 Å². The van der Waals surface area contributed by atoms with Gasteiger partial charge in [0, 0.05) is 0 Å². The van der Waals surface area contributed by atoms with Crippen LogP contribution in [0.15, 0.2) is 0 Å². The van der Waals surface area contributed by atoms with Gasteiger partial charge in [0.25, 0.3) is 0 Å². The predicted molar refractivity (Wildman–Crippen MR) is 63.5 cm³/mol. The molecular weight excluding hydrogens is 170 g/mol. The number of hydrogen-bond donors (Lipinski definition) is 0. The Labute approximate surface area is 89.9 Å². The zero-order chi connectivity index (χ0) is 10.6. The SMILES string of the molecule is CCCC(C)(C)CC1CCN(C)CC1. The Bertz CT molecular complexity index is 155. The minimum Gasteiger partial charge on any atom is -0.306 e.